The van der Waals surface area contributed by atoms with Crippen LogP contribution in [0, 0.1) is 0 Å². The second kappa shape index (κ2) is 5.65. The van der Waals surface area contributed by atoms with Crippen LogP contribution in [0.15, 0.2) is 0 Å². The van der Waals surface area contributed by atoms with Crippen LogP contribution in [0.1, 0.15) is 13.8 Å². The Morgan fingerprint density at radius 2 is 1.90 bits per heavy atom. The van der Waals surface area contributed by atoms with Crippen LogP contribution in [-0.2, 0) is 0 Å². The van der Waals surface area contributed by atoms with Gasteiger partial charge in [0.2, 0.25) is 0 Å². The van der Waals surface area contributed by atoms with Crippen LogP contribution >= 0.6 is 0 Å². The quantitative estimate of drug-likeness (QED) is 0.493. The number of nitrogens with one attached hydrogen (secondary N) is 2. The third-order valence-electron chi connectivity index (χ3n) is 1.20. The number of hydrogen-bond donors (Lipinski definition) is 3. The van der Waals surface area contributed by atoms with E-state index in [1.807, 2.05) is 7.05 Å². The zero-order chi connectivity index (χ0) is 7.98. The summed E-state index contributed by atoms with van der Waals surface area (Å²) in [6, 6.07) is 0.450. The third-order valence-corrected chi connectivity index (χ3v) is 1.20. The Labute approximate surface area is 62.8 Å². The number of likely N-dealkylation sites (N-methyl/N-ethyl adjacent to an activating group) is 1. The summed E-state index contributed by atoms with van der Waals surface area (Å²) in [4.78, 5) is 0. The lowest BCUT2D eigenvalue weighted by molar-refractivity contribution is 0.168. The van der Waals surface area contributed by atoms with E-state index >= 15 is 0 Å². The predicted molar refractivity (Wildman–Crippen MR) is 43.1 cm³/mol. The molecule has 0 aliphatic rings. The van der Waals surface area contributed by atoms with Gasteiger partial charge in [-0.05, 0) is 7.05 Å². The van der Waals surface area contributed by atoms with Crippen molar-refractivity contribution in [2.24, 2.45) is 0 Å². The van der Waals surface area contributed by atoms with Crippen LogP contribution in [0.5, 0.6) is 0 Å². The molecule has 0 radical (unpaired) electrons. The molecule has 0 amide bonds. The number of rotatable bonds is 5. The summed E-state index contributed by atoms with van der Waals surface area (Å²) in [6.07, 6.45) is -0.271. The van der Waals surface area contributed by atoms with Crippen LogP contribution in [0.4, 0.5) is 0 Å². The van der Waals surface area contributed by atoms with Crippen molar-refractivity contribution in [3.8, 4) is 0 Å². The molecule has 0 rings (SSSR count). The molecule has 0 spiro atoms. The SMILES string of the molecule is CNCC(O)CNC(C)C. The highest BCUT2D eigenvalue weighted by atomic mass is 16.3. The molecule has 0 aliphatic carbocycles. The number of aliphatic hydroxyl groups is 1. The van der Waals surface area contributed by atoms with Crippen LogP contribution in [0.2, 0.25) is 0 Å². The van der Waals surface area contributed by atoms with Crippen LogP contribution in [-0.4, -0.2) is 37.4 Å². The smallest absolute Gasteiger partial charge is 0.0788 e. The molecule has 10 heavy (non-hydrogen) atoms. The van der Waals surface area contributed by atoms with Gasteiger partial charge in [0.25, 0.3) is 0 Å². The van der Waals surface area contributed by atoms with E-state index in [1.165, 1.54) is 0 Å². The van der Waals surface area contributed by atoms with Gasteiger partial charge in [-0.2, -0.15) is 0 Å². The summed E-state index contributed by atoms with van der Waals surface area (Å²) < 4.78 is 0. The Morgan fingerprint density at radius 1 is 1.30 bits per heavy atom. The van der Waals surface area contributed by atoms with Crippen LogP contribution < -0.4 is 10.6 Å². The van der Waals surface area contributed by atoms with Crippen molar-refractivity contribution in [3.63, 3.8) is 0 Å². The van der Waals surface area contributed by atoms with Gasteiger partial charge in [0.1, 0.15) is 0 Å². The van der Waals surface area contributed by atoms with Gasteiger partial charge in [-0.25, -0.2) is 0 Å². The molecular weight excluding hydrogens is 128 g/mol. The summed E-state index contributed by atoms with van der Waals surface area (Å²) in [5, 5.41) is 15.2. The van der Waals surface area contributed by atoms with Gasteiger partial charge in [-0.3, -0.25) is 0 Å². The van der Waals surface area contributed by atoms with E-state index in [-0.39, 0.29) is 6.10 Å². The zero-order valence-electron chi connectivity index (χ0n) is 7.02. The molecule has 0 bridgehead atoms. The lowest BCUT2D eigenvalue weighted by Crippen LogP contribution is -2.37. The number of aliphatic hydroxyl groups excluding tert-OH is 1. The van der Waals surface area contributed by atoms with Crippen molar-refractivity contribution < 1.29 is 5.11 Å². The van der Waals surface area contributed by atoms with Crippen LogP contribution in [0.3, 0.4) is 0 Å². The average molecular weight is 146 g/mol. The minimum Gasteiger partial charge on any atom is -0.390 e. The molecule has 0 fully saturated rings. The van der Waals surface area contributed by atoms with E-state index in [2.05, 4.69) is 24.5 Å². The molecule has 0 heterocycles. The van der Waals surface area contributed by atoms with Crippen molar-refractivity contribution in [2.75, 3.05) is 20.1 Å². The Hall–Kier alpha value is -0.120. The van der Waals surface area contributed by atoms with Gasteiger partial charge in [-0.1, -0.05) is 13.8 Å². The first-order chi connectivity index (χ1) is 4.66. The molecule has 3 heteroatoms. The van der Waals surface area contributed by atoms with E-state index in [0.717, 1.165) is 0 Å². The van der Waals surface area contributed by atoms with Gasteiger partial charge >= 0.3 is 0 Å². The van der Waals surface area contributed by atoms with Crippen molar-refractivity contribution in [1.82, 2.24) is 10.6 Å². The molecule has 0 aliphatic heterocycles. The maximum absolute atomic E-state index is 9.17. The molecule has 0 saturated carbocycles. The molecule has 1 atom stereocenters. The van der Waals surface area contributed by atoms with Gasteiger partial charge in [-0.15, -0.1) is 0 Å². The molecule has 3 nitrogen and oxygen atoms in total. The first-order valence-electron chi connectivity index (χ1n) is 3.73. The largest absolute Gasteiger partial charge is 0.390 e. The van der Waals surface area contributed by atoms with Gasteiger partial charge < -0.3 is 15.7 Å². The summed E-state index contributed by atoms with van der Waals surface area (Å²) in [7, 11) is 1.83. The Balaban J connectivity index is 3.12. The molecule has 3 N–H and O–H groups in total. The van der Waals surface area contributed by atoms with Crippen molar-refractivity contribution >= 4 is 0 Å². The normalized spacial score (nSPS) is 14.1. The maximum Gasteiger partial charge on any atom is 0.0788 e. The second-order valence-corrected chi connectivity index (χ2v) is 2.77. The summed E-state index contributed by atoms with van der Waals surface area (Å²) in [5.74, 6) is 0. The second-order valence-electron chi connectivity index (χ2n) is 2.77. The molecule has 0 aromatic heterocycles. The van der Waals surface area contributed by atoms with E-state index in [1.54, 1.807) is 0 Å². The van der Waals surface area contributed by atoms with Crippen molar-refractivity contribution in [3.05, 3.63) is 0 Å². The fourth-order valence-corrected chi connectivity index (χ4v) is 0.680. The van der Waals surface area contributed by atoms with Gasteiger partial charge in [0.05, 0.1) is 6.10 Å². The average Bonchev–Trinajstić information content (AvgIpc) is 1.85. The molecule has 0 aromatic rings. The lowest BCUT2D eigenvalue weighted by Gasteiger charge is -2.12. The van der Waals surface area contributed by atoms with E-state index in [0.29, 0.717) is 19.1 Å². The van der Waals surface area contributed by atoms with E-state index < -0.39 is 0 Å². The number of hydrogen-bond acceptors (Lipinski definition) is 3. The molecule has 62 valence electrons. The molecule has 1 unspecified atom stereocenters. The highest BCUT2D eigenvalue weighted by molar-refractivity contribution is 4.62. The molecule has 0 aromatic carbocycles. The van der Waals surface area contributed by atoms with E-state index in [9.17, 15) is 5.11 Å². The monoisotopic (exact) mass is 146 g/mol. The Bertz CT molecular complexity index is 76.0. The van der Waals surface area contributed by atoms with E-state index in [4.69, 9.17) is 0 Å². The maximum atomic E-state index is 9.17. The van der Waals surface area contributed by atoms with Gasteiger partial charge in [0, 0.05) is 19.1 Å². The molecular formula is C7H18N2O. The minimum atomic E-state index is -0.271. The lowest BCUT2D eigenvalue weighted by atomic mass is 10.3. The summed E-state index contributed by atoms with van der Waals surface area (Å²) in [5.41, 5.74) is 0. The topological polar surface area (TPSA) is 44.3 Å². The summed E-state index contributed by atoms with van der Waals surface area (Å²) >= 11 is 0. The van der Waals surface area contributed by atoms with Crippen LogP contribution in [0.25, 0.3) is 0 Å². The Morgan fingerprint density at radius 3 is 2.30 bits per heavy atom. The third kappa shape index (κ3) is 6.01. The fourth-order valence-electron chi connectivity index (χ4n) is 0.680. The minimum absolute atomic E-state index is 0.271. The highest BCUT2D eigenvalue weighted by Gasteiger charge is 2.01. The fraction of sp³-hybridized carbons (Fsp3) is 1.00. The zero-order valence-corrected chi connectivity index (χ0v) is 7.02. The highest BCUT2D eigenvalue weighted by Crippen LogP contribution is 1.80. The summed E-state index contributed by atoms with van der Waals surface area (Å²) in [6.45, 7) is 5.44. The Kier molecular flexibility index (Phi) is 5.58. The van der Waals surface area contributed by atoms with Crippen molar-refractivity contribution in [2.45, 2.75) is 26.0 Å². The standard InChI is InChI=1S/C7H18N2O/c1-6(2)9-5-7(10)4-8-3/h6-10H,4-5H2,1-3H3. The van der Waals surface area contributed by atoms with Gasteiger partial charge in [0.15, 0.2) is 0 Å². The molecule has 0 saturated heterocycles. The van der Waals surface area contributed by atoms with Crippen molar-refractivity contribution in [1.29, 1.82) is 0 Å². The predicted octanol–water partition coefficient (Wildman–Crippen LogP) is -0.435. The first kappa shape index (κ1) is 9.88. The first-order valence-corrected chi connectivity index (χ1v) is 3.73.